The minimum absolute atomic E-state index is 0.0116. The van der Waals surface area contributed by atoms with E-state index < -0.39 is 177 Å². The van der Waals surface area contributed by atoms with Gasteiger partial charge in [0.05, 0.1) is 30.9 Å². The first-order valence-electron chi connectivity index (χ1n) is 44.0. The van der Waals surface area contributed by atoms with Gasteiger partial charge in [0.1, 0.15) is 102 Å². The zero-order valence-corrected chi connectivity index (χ0v) is 73.1. The molecule has 0 amide bonds. The van der Waals surface area contributed by atoms with E-state index in [4.69, 9.17) is 56.8 Å². The fraction of sp³-hybridized carbons (Fsp3) is 0.626. The van der Waals surface area contributed by atoms with Crippen LogP contribution in [0.2, 0.25) is 0 Å². The van der Waals surface area contributed by atoms with Crippen molar-refractivity contribution in [1.29, 1.82) is 0 Å². The fourth-order valence-electron chi connectivity index (χ4n) is 26.5. The van der Waals surface area contributed by atoms with Crippen molar-refractivity contribution < 1.29 is 153 Å². The van der Waals surface area contributed by atoms with Crippen LogP contribution in [0.25, 0.3) is 10.8 Å². The highest BCUT2D eigenvalue weighted by molar-refractivity contribution is 7.86. The molecule has 0 spiro atoms. The minimum atomic E-state index is -4.82. The summed E-state index contributed by atoms with van der Waals surface area (Å²) >= 11 is 0. The predicted octanol–water partition coefficient (Wildman–Crippen LogP) is 8.31. The van der Waals surface area contributed by atoms with Gasteiger partial charge in [-0.05, 0) is 219 Å². The summed E-state index contributed by atoms with van der Waals surface area (Å²) in [5, 5.41) is 0.978. The first-order chi connectivity index (χ1) is 59.7. The molecule has 0 radical (unpaired) electrons. The Labute approximate surface area is 730 Å². The van der Waals surface area contributed by atoms with Crippen molar-refractivity contribution in [3.63, 3.8) is 0 Å². The number of benzene rings is 4. The third kappa shape index (κ3) is 13.1. The second-order valence-corrected chi connectivity index (χ2v) is 44.9. The molecule has 678 valence electrons. The van der Waals surface area contributed by atoms with Crippen molar-refractivity contribution in [1.82, 2.24) is 0 Å². The molecule has 21 unspecified atom stereocenters. The predicted molar refractivity (Wildman–Crippen MR) is 423 cm³/mol. The summed E-state index contributed by atoms with van der Waals surface area (Å²) in [5.74, 6) is -6.10. The van der Waals surface area contributed by atoms with Crippen molar-refractivity contribution in [3.8, 4) is 17.2 Å². The van der Waals surface area contributed by atoms with Gasteiger partial charge in [-0.15, -0.1) is 0 Å². The number of esters is 9. The lowest BCUT2D eigenvalue weighted by molar-refractivity contribution is -0.185. The van der Waals surface area contributed by atoms with E-state index in [2.05, 4.69) is 0 Å². The van der Waals surface area contributed by atoms with Gasteiger partial charge in [0.2, 0.25) is 0 Å². The van der Waals surface area contributed by atoms with Gasteiger partial charge in [0.25, 0.3) is 0 Å². The number of hydrogen-bond acceptors (Lipinski definition) is 33. The molecular formula is C91H95O33S3-3. The molecule has 25 rings (SSSR count). The van der Waals surface area contributed by atoms with Crippen molar-refractivity contribution in [2.24, 2.45) is 85.8 Å². The van der Waals surface area contributed by atoms with Gasteiger partial charge in [-0.2, -0.15) is 0 Å². The van der Waals surface area contributed by atoms with Crippen LogP contribution in [0.15, 0.2) is 75.4 Å². The maximum absolute atomic E-state index is 13.9. The second kappa shape index (κ2) is 29.2. The first-order valence-corrected chi connectivity index (χ1v) is 48.3. The first kappa shape index (κ1) is 86.1. The van der Waals surface area contributed by atoms with Crippen LogP contribution in [0.4, 0.5) is 0 Å². The third-order valence-electron chi connectivity index (χ3n) is 31.8. The largest absolute Gasteiger partial charge is 0.744 e. The van der Waals surface area contributed by atoms with E-state index in [1.807, 2.05) is 0 Å². The van der Waals surface area contributed by atoms with Gasteiger partial charge in [-0.25, -0.2) is 25.3 Å². The van der Waals surface area contributed by atoms with E-state index in [1.165, 1.54) is 60.7 Å². The monoisotopic (exact) mass is 1810 g/mol. The van der Waals surface area contributed by atoms with Crippen LogP contribution in [0.3, 0.4) is 0 Å². The van der Waals surface area contributed by atoms with E-state index in [9.17, 15) is 96.4 Å². The lowest BCUT2D eigenvalue weighted by atomic mass is 9.49. The number of hydrogen-bond donors (Lipinski definition) is 0. The van der Waals surface area contributed by atoms with Gasteiger partial charge in [0, 0.05) is 54.8 Å². The number of carbonyl (C=O) groups excluding carboxylic acids is 12. The molecule has 9 aliphatic heterocycles. The smallest absolute Gasteiger partial charge is 0.331 e. The van der Waals surface area contributed by atoms with Gasteiger partial charge in [0.15, 0.2) is 52.9 Å². The molecule has 4 aromatic rings. The molecule has 21 atom stereocenters. The Morgan fingerprint density at radius 1 is 0.354 bits per heavy atom. The Bertz CT molecular complexity index is 5820. The van der Waals surface area contributed by atoms with Crippen LogP contribution in [0.5, 0.6) is 17.2 Å². The molecule has 9 saturated heterocycles. The highest BCUT2D eigenvalue weighted by atomic mass is 32.2. The third-order valence-corrected chi connectivity index (χ3v) is 34.5. The zero-order valence-electron chi connectivity index (χ0n) is 70.6. The maximum atomic E-state index is 13.9. The molecule has 18 bridgehead atoms. The summed E-state index contributed by atoms with van der Waals surface area (Å²) in [4.78, 5) is 158. The Morgan fingerprint density at radius 2 is 0.669 bits per heavy atom. The Kier molecular flexibility index (Phi) is 19.8. The molecule has 0 N–H and O–H groups in total. The topological polar surface area (TPSA) is 487 Å². The molecular weight excluding hydrogens is 1720 g/mol. The molecule has 36 heteroatoms. The molecule has 0 aromatic heterocycles. The molecule has 127 heavy (non-hydrogen) atoms. The average Bonchev–Trinajstić information content (AvgIpc) is 1.53. The summed E-state index contributed by atoms with van der Waals surface area (Å²) in [7, 11) is -14.2. The fourth-order valence-corrected chi connectivity index (χ4v) is 28.7. The minimum Gasteiger partial charge on any atom is -0.744 e. The molecule has 33 nitrogen and oxygen atoms in total. The van der Waals surface area contributed by atoms with Crippen LogP contribution in [0, 0.1) is 85.8 Å². The molecule has 9 heterocycles. The zero-order chi connectivity index (χ0) is 90.1. The lowest BCUT2D eigenvalue weighted by Gasteiger charge is -2.54. The van der Waals surface area contributed by atoms with Crippen LogP contribution >= 0.6 is 0 Å². The molecule has 21 fully saturated rings. The standard InChI is InChI=1S/2C31H36O11S.C29H26O11S/c1-13(2)19-7-18(8-20(14(3)4)25(19)43(36,37)38)39-28(34)31-12-21-23(24(26(31)40-21)42-29(31)35)41-27(33)30-9-15-5-16(10-30)22(32)17(6-15)11-30;1-13(2)19-7-18(43(36,37)38)8-20(14(3)4)23(19)40-28(34)31-12-21-24(25(26(31)39-21)42-29(31)35)41-27(33)30-9-15-5-16(10-30)22(32)17(6-15)11-30;30-21-16-5-13-6-17(21)11-28(9-13,10-16)25(31)39-22-20-12-29(24(38-20)23(22)40-27(29)33)26(32)37-18-3-1-15-8-19(41(34,35)36)4-2-14(15)7-18/h7-8,13-17,21,23-24,26H,5-6,9-12H2,1-4H3,(H,36,37,38);7-8,13-17,21,24-26H,5-6,9-12H2,1-4H3,(H,36,37,38);1-4,7-8,13,16-17,20,22-24H,5-6,9-12H2,(H,34,35,36)/p-3. The number of carbonyl (C=O) groups is 12. The summed E-state index contributed by atoms with van der Waals surface area (Å²) in [6, 6.07) is 13.4. The number of ketones is 3. The average molecular weight is 1810 g/mol. The van der Waals surface area contributed by atoms with Crippen LogP contribution < -0.4 is 14.2 Å². The molecule has 21 aliphatic rings. The van der Waals surface area contributed by atoms with Gasteiger partial charge in [-0.1, -0.05) is 67.5 Å². The van der Waals surface area contributed by atoms with Crippen LogP contribution in [-0.4, -0.2) is 183 Å². The quantitative estimate of drug-likeness (QED) is 0.0280. The molecule has 12 saturated carbocycles. The van der Waals surface area contributed by atoms with E-state index in [0.717, 1.165) is 38.5 Å². The summed E-state index contributed by atoms with van der Waals surface area (Å²) in [6.07, 6.45) is -0.842. The normalized spacial score (nSPS) is 39.1. The van der Waals surface area contributed by atoms with E-state index in [1.54, 1.807) is 55.4 Å². The number of fused-ring (bicyclic) bond motifs is 4. The van der Waals surface area contributed by atoms with Crippen LogP contribution in [-0.2, 0) is 131 Å². The van der Waals surface area contributed by atoms with Crippen LogP contribution in [0.1, 0.15) is 217 Å². The summed E-state index contributed by atoms with van der Waals surface area (Å²) in [5.41, 5.74) is -6.21. The van der Waals surface area contributed by atoms with Gasteiger partial charge >= 0.3 is 53.7 Å². The highest BCUT2D eigenvalue weighted by Crippen LogP contribution is 2.66. The van der Waals surface area contributed by atoms with Gasteiger partial charge in [-0.3, -0.25) is 57.5 Å². The maximum Gasteiger partial charge on any atom is 0.331 e. The van der Waals surface area contributed by atoms with E-state index in [0.29, 0.717) is 97.4 Å². The Balaban J connectivity index is 0.000000120. The second-order valence-electron chi connectivity index (χ2n) is 40.8. The Morgan fingerprint density at radius 3 is 0.992 bits per heavy atom. The highest BCUT2D eigenvalue weighted by Gasteiger charge is 2.81. The van der Waals surface area contributed by atoms with Crippen molar-refractivity contribution in [2.75, 3.05) is 0 Å². The van der Waals surface area contributed by atoms with Crippen molar-refractivity contribution in [2.45, 2.75) is 283 Å². The number of Topliss-reactive ketones (excluding diaryl/α,β-unsaturated/α-hetero) is 3. The SMILES string of the molecule is CC(C)c1cc(OC(=O)C23CC4OC2C(OC3=O)C4OC(=O)C23CC4CC(C2)C(=O)C(C4)C3)cc(C(C)C)c1S(=O)(=O)[O-].CC(C)c1cc(S(=O)(=O)[O-])cc(C(C)C)c1OC(=O)C12CC3OC1C(OC2=O)C3OC(=O)C12CC3CC(C1)C(=O)C(C3)C2.O=C1C2CC3CC1CC(C(=O)OC1C4CC5(C(=O)Oc6ccc7cc(S(=O)(=O)[O-])ccc7c6)C(=O)OC1C5O4)(C3)C2. The van der Waals surface area contributed by atoms with Gasteiger partial charge < -0.3 is 70.5 Å². The van der Waals surface area contributed by atoms with E-state index in [-0.39, 0.29) is 152 Å². The molecule has 12 aliphatic carbocycles. The number of ether oxygens (including phenoxy) is 12. The summed E-state index contributed by atoms with van der Waals surface area (Å²) < 4.78 is 176. The summed E-state index contributed by atoms with van der Waals surface area (Å²) in [6.45, 7) is 14.0. The van der Waals surface area contributed by atoms with Crippen molar-refractivity contribution >= 4 is 112 Å². The number of rotatable bonds is 19. The van der Waals surface area contributed by atoms with E-state index >= 15 is 0 Å². The Hall–Kier alpha value is -9.01. The molecule has 4 aromatic carbocycles. The van der Waals surface area contributed by atoms with Crippen molar-refractivity contribution in [3.05, 3.63) is 82.9 Å². The lowest BCUT2D eigenvalue weighted by Crippen LogP contribution is -2.56.